The Labute approximate surface area is 135 Å². The van der Waals surface area contributed by atoms with E-state index in [0.717, 1.165) is 14.7 Å². The van der Waals surface area contributed by atoms with Crippen molar-refractivity contribution in [2.24, 2.45) is 5.73 Å². The molecule has 0 bridgehead atoms. The lowest BCUT2D eigenvalue weighted by Gasteiger charge is -2.09. The monoisotopic (exact) mass is 397 g/mol. The Morgan fingerprint density at radius 3 is 2.76 bits per heavy atom. The zero-order chi connectivity index (χ0) is 15.2. The number of rotatable bonds is 5. The largest absolute Gasteiger partial charge is 0.488 e. The van der Waals surface area contributed by atoms with Gasteiger partial charge in [-0.25, -0.2) is 4.39 Å². The summed E-state index contributed by atoms with van der Waals surface area (Å²) >= 11 is 2.14. The highest BCUT2D eigenvalue weighted by molar-refractivity contribution is 14.1. The number of carbonyl (C=O) groups is 1. The van der Waals surface area contributed by atoms with Gasteiger partial charge in [0.15, 0.2) is 0 Å². The van der Waals surface area contributed by atoms with Crippen LogP contribution in [0.4, 0.5) is 4.39 Å². The molecule has 2 N–H and O–H groups in total. The summed E-state index contributed by atoms with van der Waals surface area (Å²) in [6.07, 6.45) is 2.94. The molecule has 21 heavy (non-hydrogen) atoms. The summed E-state index contributed by atoms with van der Waals surface area (Å²) < 4.78 is 19.6. The average Bonchev–Trinajstić information content (AvgIpc) is 2.44. The molecule has 0 fully saturated rings. The van der Waals surface area contributed by atoms with E-state index in [1.807, 2.05) is 18.2 Å². The van der Waals surface area contributed by atoms with Gasteiger partial charge in [-0.2, -0.15) is 0 Å². The van der Waals surface area contributed by atoms with E-state index in [9.17, 15) is 9.18 Å². The van der Waals surface area contributed by atoms with Gasteiger partial charge < -0.3 is 10.5 Å². The second-order valence-corrected chi connectivity index (χ2v) is 5.51. The summed E-state index contributed by atoms with van der Waals surface area (Å²) in [5, 5.41) is 0. The first kappa shape index (κ1) is 15.5. The molecule has 2 aromatic carbocycles. The summed E-state index contributed by atoms with van der Waals surface area (Å²) in [4.78, 5) is 10.7. The van der Waals surface area contributed by atoms with E-state index in [1.165, 1.54) is 18.2 Å². The molecule has 0 aliphatic heterocycles. The van der Waals surface area contributed by atoms with E-state index in [-0.39, 0.29) is 5.82 Å². The first-order valence-corrected chi connectivity index (χ1v) is 7.27. The van der Waals surface area contributed by atoms with Crippen molar-refractivity contribution in [3.63, 3.8) is 0 Å². The Balaban J connectivity index is 2.06. The lowest BCUT2D eigenvalue weighted by Crippen LogP contribution is -2.05. The van der Waals surface area contributed by atoms with Crippen LogP contribution in [0.2, 0.25) is 0 Å². The Morgan fingerprint density at radius 2 is 2.10 bits per heavy atom. The molecule has 0 aliphatic carbocycles. The molecule has 0 unspecified atom stereocenters. The summed E-state index contributed by atoms with van der Waals surface area (Å²) in [6, 6.07) is 11.8. The molecule has 0 radical (unpaired) electrons. The number of hydrogen-bond acceptors (Lipinski definition) is 2. The van der Waals surface area contributed by atoms with E-state index in [4.69, 9.17) is 10.5 Å². The summed E-state index contributed by atoms with van der Waals surface area (Å²) in [6.45, 7) is 0.296. The SMILES string of the molecule is NC(=O)/C=C/c1ccc(OCc2cccc(F)c2)c(I)c1. The van der Waals surface area contributed by atoms with Crippen molar-refractivity contribution in [1.82, 2.24) is 0 Å². The molecule has 0 saturated heterocycles. The molecule has 0 aromatic heterocycles. The molecule has 0 spiro atoms. The van der Waals surface area contributed by atoms with Crippen LogP contribution in [-0.4, -0.2) is 5.91 Å². The van der Waals surface area contributed by atoms with Crippen LogP contribution in [0.15, 0.2) is 48.5 Å². The summed E-state index contributed by atoms with van der Waals surface area (Å²) in [5.41, 5.74) is 6.67. The van der Waals surface area contributed by atoms with Gasteiger partial charge in [-0.15, -0.1) is 0 Å². The molecule has 2 aromatic rings. The minimum Gasteiger partial charge on any atom is -0.488 e. The van der Waals surface area contributed by atoms with Crippen molar-refractivity contribution in [3.05, 3.63) is 69.1 Å². The smallest absolute Gasteiger partial charge is 0.241 e. The molecule has 1 amide bonds. The fourth-order valence-electron chi connectivity index (χ4n) is 1.70. The zero-order valence-electron chi connectivity index (χ0n) is 11.1. The number of benzene rings is 2. The van der Waals surface area contributed by atoms with Gasteiger partial charge >= 0.3 is 0 Å². The van der Waals surface area contributed by atoms with Crippen LogP contribution in [0.25, 0.3) is 6.08 Å². The number of halogens is 2. The maximum Gasteiger partial charge on any atom is 0.241 e. The molecular weight excluding hydrogens is 384 g/mol. The summed E-state index contributed by atoms with van der Waals surface area (Å²) in [7, 11) is 0. The van der Waals surface area contributed by atoms with Crippen molar-refractivity contribution >= 4 is 34.6 Å². The van der Waals surface area contributed by atoms with E-state index in [1.54, 1.807) is 18.2 Å². The third kappa shape index (κ3) is 4.86. The number of hydrogen-bond donors (Lipinski definition) is 1. The fraction of sp³-hybridized carbons (Fsp3) is 0.0625. The highest BCUT2D eigenvalue weighted by atomic mass is 127. The molecule has 0 atom stereocenters. The molecule has 108 valence electrons. The first-order chi connectivity index (χ1) is 10.0. The minimum atomic E-state index is -0.489. The van der Waals surface area contributed by atoms with Gasteiger partial charge in [0.05, 0.1) is 3.57 Å². The van der Waals surface area contributed by atoms with Gasteiger partial charge in [0.2, 0.25) is 5.91 Å². The average molecular weight is 397 g/mol. The van der Waals surface area contributed by atoms with Gasteiger partial charge in [0.1, 0.15) is 18.2 Å². The maximum atomic E-state index is 13.1. The van der Waals surface area contributed by atoms with Gasteiger partial charge in [0.25, 0.3) is 0 Å². The second kappa shape index (κ2) is 7.21. The lowest BCUT2D eigenvalue weighted by atomic mass is 10.2. The Morgan fingerprint density at radius 1 is 1.29 bits per heavy atom. The number of ether oxygens (including phenoxy) is 1. The van der Waals surface area contributed by atoms with Crippen molar-refractivity contribution in [2.75, 3.05) is 0 Å². The Hall–Kier alpha value is -1.89. The molecule has 2 rings (SSSR count). The molecule has 0 heterocycles. The molecular formula is C16H13FINO2. The normalized spacial score (nSPS) is 10.8. The van der Waals surface area contributed by atoms with E-state index >= 15 is 0 Å². The number of primary amides is 1. The van der Waals surface area contributed by atoms with Crippen LogP contribution in [0.5, 0.6) is 5.75 Å². The predicted octanol–water partition coefficient (Wildman–Crippen LogP) is 3.51. The maximum absolute atomic E-state index is 13.1. The van der Waals surface area contributed by atoms with Crippen molar-refractivity contribution in [2.45, 2.75) is 6.61 Å². The number of amides is 1. The molecule has 0 aliphatic rings. The van der Waals surface area contributed by atoms with Crippen LogP contribution >= 0.6 is 22.6 Å². The van der Waals surface area contributed by atoms with Crippen LogP contribution in [0.1, 0.15) is 11.1 Å². The van der Waals surface area contributed by atoms with E-state index in [2.05, 4.69) is 22.6 Å². The van der Waals surface area contributed by atoms with Crippen LogP contribution in [0.3, 0.4) is 0 Å². The van der Waals surface area contributed by atoms with Gasteiger partial charge in [-0.1, -0.05) is 18.2 Å². The van der Waals surface area contributed by atoms with Crippen molar-refractivity contribution < 1.29 is 13.9 Å². The third-order valence-corrected chi connectivity index (χ3v) is 3.52. The molecule has 5 heteroatoms. The summed E-state index contributed by atoms with van der Waals surface area (Å²) in [5.74, 6) is -0.0646. The quantitative estimate of drug-likeness (QED) is 0.620. The van der Waals surface area contributed by atoms with E-state index in [0.29, 0.717) is 12.4 Å². The van der Waals surface area contributed by atoms with Gasteiger partial charge in [-0.05, 0) is 64.1 Å². The molecule has 0 saturated carbocycles. The minimum absolute atomic E-state index is 0.280. The van der Waals surface area contributed by atoms with Gasteiger partial charge in [0, 0.05) is 6.08 Å². The Kier molecular flexibility index (Phi) is 5.32. The van der Waals surface area contributed by atoms with Crippen LogP contribution < -0.4 is 10.5 Å². The molecule has 3 nitrogen and oxygen atoms in total. The number of nitrogens with two attached hydrogens (primary N) is 1. The van der Waals surface area contributed by atoms with E-state index < -0.39 is 5.91 Å². The lowest BCUT2D eigenvalue weighted by molar-refractivity contribution is -0.113. The van der Waals surface area contributed by atoms with Crippen molar-refractivity contribution in [3.8, 4) is 5.75 Å². The predicted molar refractivity (Wildman–Crippen MR) is 88.1 cm³/mol. The fourth-order valence-corrected chi connectivity index (χ4v) is 2.40. The van der Waals surface area contributed by atoms with Crippen LogP contribution in [0, 0.1) is 9.39 Å². The zero-order valence-corrected chi connectivity index (χ0v) is 13.2. The van der Waals surface area contributed by atoms with Gasteiger partial charge in [-0.3, -0.25) is 4.79 Å². The highest BCUT2D eigenvalue weighted by Gasteiger charge is 2.03. The van der Waals surface area contributed by atoms with Crippen LogP contribution in [-0.2, 0) is 11.4 Å². The van der Waals surface area contributed by atoms with Crippen molar-refractivity contribution in [1.29, 1.82) is 0 Å². The Bertz CT molecular complexity index is 686. The third-order valence-electron chi connectivity index (χ3n) is 2.68. The number of carbonyl (C=O) groups excluding carboxylic acids is 1. The standard InChI is InChI=1S/C16H13FINO2/c17-13-3-1-2-12(8-13)10-21-15-6-4-11(9-14(15)18)5-7-16(19)20/h1-9H,10H2,(H2,19,20)/b7-5+. The highest BCUT2D eigenvalue weighted by Crippen LogP contribution is 2.23. The first-order valence-electron chi connectivity index (χ1n) is 6.19. The second-order valence-electron chi connectivity index (χ2n) is 4.34. The topological polar surface area (TPSA) is 52.3 Å².